The fraction of sp³-hybridized carbons (Fsp3) is 0.414. The standard InChI is InChI=1S/C29H32FN3O5/c1-3-11-32-23-8-5-4-7-21(23)29(28(32)37)24(25(34)20-10-9-19(2)22(30)18-20)26(35)27(36)33(29)13-6-12-31-14-16-38-17-15-31/h4-5,7-10,18,34H,3,6,11-17H2,1-2H3/t29-/m1/s1. The molecule has 0 saturated carbocycles. The van der Waals surface area contributed by atoms with E-state index in [1.54, 1.807) is 36.1 Å². The van der Waals surface area contributed by atoms with Crippen LogP contribution in [0.15, 0.2) is 48.0 Å². The molecule has 0 aromatic heterocycles. The quantitative estimate of drug-likeness (QED) is 0.342. The molecule has 9 heteroatoms. The van der Waals surface area contributed by atoms with Crippen molar-refractivity contribution in [3.63, 3.8) is 0 Å². The number of amides is 2. The fourth-order valence-corrected chi connectivity index (χ4v) is 5.77. The van der Waals surface area contributed by atoms with Gasteiger partial charge in [0.15, 0.2) is 5.54 Å². The number of anilines is 1. The molecule has 2 saturated heterocycles. The molecule has 38 heavy (non-hydrogen) atoms. The molecule has 8 nitrogen and oxygen atoms in total. The van der Waals surface area contributed by atoms with E-state index in [1.807, 2.05) is 6.92 Å². The van der Waals surface area contributed by atoms with Gasteiger partial charge in [-0.15, -0.1) is 0 Å². The zero-order chi connectivity index (χ0) is 27.0. The van der Waals surface area contributed by atoms with Crippen molar-refractivity contribution in [2.45, 2.75) is 32.2 Å². The summed E-state index contributed by atoms with van der Waals surface area (Å²) < 4.78 is 19.9. The highest BCUT2D eigenvalue weighted by Gasteiger charge is 2.66. The van der Waals surface area contributed by atoms with Gasteiger partial charge in [-0.25, -0.2) is 4.39 Å². The van der Waals surface area contributed by atoms with Gasteiger partial charge in [0, 0.05) is 43.9 Å². The summed E-state index contributed by atoms with van der Waals surface area (Å²) in [4.78, 5) is 46.7. The molecule has 3 heterocycles. The average Bonchev–Trinajstić information content (AvgIpc) is 3.30. The van der Waals surface area contributed by atoms with Gasteiger partial charge < -0.3 is 19.6 Å². The second-order valence-electron chi connectivity index (χ2n) is 9.97. The van der Waals surface area contributed by atoms with Crippen LogP contribution in [0.25, 0.3) is 5.76 Å². The van der Waals surface area contributed by atoms with Crippen LogP contribution in [0, 0.1) is 12.7 Å². The maximum Gasteiger partial charge on any atom is 0.296 e. The van der Waals surface area contributed by atoms with Crippen molar-refractivity contribution in [3.8, 4) is 0 Å². The summed E-state index contributed by atoms with van der Waals surface area (Å²) in [6, 6.07) is 11.2. The fourth-order valence-electron chi connectivity index (χ4n) is 5.77. The Morgan fingerprint density at radius 2 is 1.79 bits per heavy atom. The summed E-state index contributed by atoms with van der Waals surface area (Å²) in [5, 5.41) is 11.5. The summed E-state index contributed by atoms with van der Waals surface area (Å²) >= 11 is 0. The number of morpholine rings is 1. The van der Waals surface area contributed by atoms with E-state index in [1.165, 1.54) is 17.0 Å². The summed E-state index contributed by atoms with van der Waals surface area (Å²) in [5.74, 6) is -3.37. The number of hydrogen-bond donors (Lipinski definition) is 1. The first kappa shape index (κ1) is 26.1. The predicted octanol–water partition coefficient (Wildman–Crippen LogP) is 3.19. The molecule has 200 valence electrons. The lowest BCUT2D eigenvalue weighted by molar-refractivity contribution is -0.143. The Bertz CT molecular complexity index is 1320. The van der Waals surface area contributed by atoms with Crippen LogP contribution in [0.4, 0.5) is 10.1 Å². The number of aliphatic hydroxyl groups is 1. The molecule has 0 unspecified atom stereocenters. The van der Waals surface area contributed by atoms with Crippen LogP contribution in [0.3, 0.4) is 0 Å². The van der Waals surface area contributed by atoms with Crippen molar-refractivity contribution < 1.29 is 28.6 Å². The molecule has 3 aliphatic heterocycles. The van der Waals surface area contributed by atoms with Crippen LogP contribution in [0.5, 0.6) is 0 Å². The van der Waals surface area contributed by atoms with E-state index in [-0.39, 0.29) is 17.7 Å². The molecule has 2 aromatic carbocycles. The monoisotopic (exact) mass is 521 g/mol. The zero-order valence-electron chi connectivity index (χ0n) is 21.7. The molecule has 2 aromatic rings. The third-order valence-corrected chi connectivity index (χ3v) is 7.66. The van der Waals surface area contributed by atoms with E-state index < -0.39 is 34.7 Å². The Morgan fingerprint density at radius 3 is 2.50 bits per heavy atom. The highest BCUT2D eigenvalue weighted by atomic mass is 19.1. The lowest BCUT2D eigenvalue weighted by Crippen LogP contribution is -2.52. The van der Waals surface area contributed by atoms with E-state index in [0.717, 1.165) is 19.2 Å². The number of aryl methyl sites for hydroxylation is 1. The van der Waals surface area contributed by atoms with Crippen molar-refractivity contribution in [3.05, 3.63) is 70.5 Å². The molecule has 1 atom stereocenters. The van der Waals surface area contributed by atoms with Gasteiger partial charge in [0.05, 0.1) is 24.5 Å². The highest BCUT2D eigenvalue weighted by molar-refractivity contribution is 6.50. The molecule has 5 rings (SSSR count). The Labute approximate surface area is 221 Å². The number of fused-ring (bicyclic) bond motifs is 2. The molecule has 3 aliphatic rings. The number of rotatable bonds is 7. The molecule has 2 amide bonds. The number of benzene rings is 2. The first-order valence-corrected chi connectivity index (χ1v) is 13.1. The van der Waals surface area contributed by atoms with Crippen molar-refractivity contribution in [2.75, 3.05) is 50.8 Å². The topological polar surface area (TPSA) is 90.4 Å². The first-order chi connectivity index (χ1) is 18.3. The van der Waals surface area contributed by atoms with Crippen molar-refractivity contribution >= 4 is 29.0 Å². The number of ether oxygens (including phenoxy) is 1. The number of carbonyl (C=O) groups excluding carboxylic acids is 3. The maximum absolute atomic E-state index is 14.5. The minimum Gasteiger partial charge on any atom is -0.507 e. The van der Waals surface area contributed by atoms with Crippen LogP contribution >= 0.6 is 0 Å². The third-order valence-electron chi connectivity index (χ3n) is 7.66. The van der Waals surface area contributed by atoms with Gasteiger partial charge in [0.2, 0.25) is 0 Å². The molecule has 2 fully saturated rings. The molecule has 1 spiro atoms. The van der Waals surface area contributed by atoms with Crippen molar-refractivity contribution in [2.24, 2.45) is 0 Å². The SMILES string of the molecule is CCCN1C(=O)[C@]2(C(=C(O)c3ccc(C)c(F)c3)C(=O)C(=O)N2CCCN2CCOCC2)c2ccccc21. The third kappa shape index (κ3) is 4.01. The largest absolute Gasteiger partial charge is 0.507 e. The van der Waals surface area contributed by atoms with Crippen LogP contribution in [-0.2, 0) is 24.7 Å². The van der Waals surface area contributed by atoms with Gasteiger partial charge in [0.25, 0.3) is 17.6 Å². The van der Waals surface area contributed by atoms with Gasteiger partial charge in [-0.3, -0.25) is 19.3 Å². The summed E-state index contributed by atoms with van der Waals surface area (Å²) in [7, 11) is 0. The smallest absolute Gasteiger partial charge is 0.296 e. The Hall–Kier alpha value is -3.56. The second-order valence-corrected chi connectivity index (χ2v) is 9.97. The number of carbonyl (C=O) groups is 3. The molecular weight excluding hydrogens is 489 g/mol. The molecule has 0 bridgehead atoms. The average molecular weight is 522 g/mol. The molecule has 0 aliphatic carbocycles. The number of likely N-dealkylation sites (tertiary alicyclic amines) is 1. The molecule has 1 N–H and O–H groups in total. The van der Waals surface area contributed by atoms with Gasteiger partial charge >= 0.3 is 0 Å². The normalized spacial score (nSPS) is 23.1. The maximum atomic E-state index is 14.5. The van der Waals surface area contributed by atoms with E-state index >= 15 is 0 Å². The number of Topliss-reactive ketones (excluding diaryl/α,β-unsaturated/α-hetero) is 1. The van der Waals surface area contributed by atoms with Gasteiger partial charge in [-0.05, 0) is 37.5 Å². The minimum absolute atomic E-state index is 0.0398. The Balaban J connectivity index is 1.66. The number of hydrogen-bond acceptors (Lipinski definition) is 6. The van der Waals surface area contributed by atoms with Crippen molar-refractivity contribution in [1.82, 2.24) is 9.80 Å². The van der Waals surface area contributed by atoms with Gasteiger partial charge in [0.1, 0.15) is 11.6 Å². The summed E-state index contributed by atoms with van der Waals surface area (Å²) in [5.41, 5.74) is -0.655. The van der Waals surface area contributed by atoms with Crippen LogP contribution < -0.4 is 4.90 Å². The van der Waals surface area contributed by atoms with E-state index in [0.29, 0.717) is 56.0 Å². The Morgan fingerprint density at radius 1 is 1.05 bits per heavy atom. The molecular formula is C29H32FN3O5. The lowest BCUT2D eigenvalue weighted by Gasteiger charge is -2.35. The van der Waals surface area contributed by atoms with E-state index in [9.17, 15) is 23.9 Å². The number of ketones is 1. The molecule has 0 radical (unpaired) electrons. The number of halogens is 1. The van der Waals surface area contributed by atoms with Crippen LogP contribution in [-0.4, -0.2) is 78.4 Å². The highest BCUT2D eigenvalue weighted by Crippen LogP contribution is 2.53. The number of para-hydroxylation sites is 1. The second kappa shape index (κ2) is 10.3. The van der Waals surface area contributed by atoms with E-state index in [4.69, 9.17) is 4.74 Å². The van der Waals surface area contributed by atoms with Crippen LogP contribution in [0.1, 0.15) is 36.5 Å². The van der Waals surface area contributed by atoms with Crippen molar-refractivity contribution in [1.29, 1.82) is 0 Å². The lowest BCUT2D eigenvalue weighted by atomic mass is 9.81. The number of nitrogens with zero attached hydrogens (tertiary/aromatic N) is 3. The number of aliphatic hydroxyl groups excluding tert-OH is 1. The van der Waals surface area contributed by atoms with Crippen LogP contribution in [0.2, 0.25) is 0 Å². The first-order valence-electron chi connectivity index (χ1n) is 13.1. The Kier molecular flexibility index (Phi) is 7.07. The zero-order valence-corrected chi connectivity index (χ0v) is 21.7. The predicted molar refractivity (Wildman–Crippen MR) is 140 cm³/mol. The summed E-state index contributed by atoms with van der Waals surface area (Å²) in [6.45, 7) is 7.54. The van der Waals surface area contributed by atoms with E-state index in [2.05, 4.69) is 4.90 Å². The van der Waals surface area contributed by atoms with Gasteiger partial charge in [-0.1, -0.05) is 37.3 Å². The summed E-state index contributed by atoms with van der Waals surface area (Å²) in [6.07, 6.45) is 1.18. The minimum atomic E-state index is -1.82. The van der Waals surface area contributed by atoms with Gasteiger partial charge in [-0.2, -0.15) is 0 Å².